The van der Waals surface area contributed by atoms with Gasteiger partial charge in [-0.05, 0) is 41.5 Å². The van der Waals surface area contributed by atoms with Crippen molar-refractivity contribution in [3.05, 3.63) is 58.7 Å². The number of fused-ring (bicyclic) bond motifs is 1. The molecule has 0 spiro atoms. The van der Waals surface area contributed by atoms with E-state index in [2.05, 4.69) is 32.8 Å². The van der Waals surface area contributed by atoms with Crippen molar-refractivity contribution in [3.63, 3.8) is 0 Å². The van der Waals surface area contributed by atoms with Crippen LogP contribution < -0.4 is 16.0 Å². The SMILES string of the molecule is C=C(C)C(=O)OCCNc1ccc(NC(=N)Nc2ccc([N+](=O)[O-])cc2)c2nonc12. The van der Waals surface area contributed by atoms with Crippen LogP contribution >= 0.6 is 0 Å². The van der Waals surface area contributed by atoms with Crippen LogP contribution in [-0.2, 0) is 9.53 Å². The zero-order valence-corrected chi connectivity index (χ0v) is 16.5. The van der Waals surface area contributed by atoms with E-state index in [-0.39, 0.29) is 18.3 Å². The van der Waals surface area contributed by atoms with Crippen molar-refractivity contribution in [2.45, 2.75) is 6.92 Å². The van der Waals surface area contributed by atoms with Gasteiger partial charge in [-0.3, -0.25) is 15.5 Å². The number of guanidine groups is 1. The zero-order valence-electron chi connectivity index (χ0n) is 16.5. The van der Waals surface area contributed by atoms with Crippen LogP contribution in [-0.4, -0.2) is 40.3 Å². The molecule has 160 valence electrons. The smallest absolute Gasteiger partial charge is 0.333 e. The fourth-order valence-electron chi connectivity index (χ4n) is 2.54. The Labute approximate surface area is 175 Å². The number of hydrogen-bond donors (Lipinski definition) is 4. The van der Waals surface area contributed by atoms with Gasteiger partial charge in [0.1, 0.15) is 6.61 Å². The van der Waals surface area contributed by atoms with Crippen molar-refractivity contribution < 1.29 is 19.1 Å². The molecule has 0 saturated carbocycles. The summed E-state index contributed by atoms with van der Waals surface area (Å²) < 4.78 is 9.85. The predicted octanol–water partition coefficient (Wildman–Crippen LogP) is 3.12. The number of aromatic nitrogens is 2. The van der Waals surface area contributed by atoms with E-state index < -0.39 is 10.9 Å². The number of nitrogens with zero attached hydrogens (tertiary/aromatic N) is 3. The average Bonchev–Trinajstić information content (AvgIpc) is 3.23. The summed E-state index contributed by atoms with van der Waals surface area (Å²) in [5, 5.41) is 35.3. The first-order valence-corrected chi connectivity index (χ1v) is 9.04. The van der Waals surface area contributed by atoms with E-state index in [0.29, 0.717) is 40.2 Å². The fraction of sp³-hybridized carbons (Fsp3) is 0.158. The van der Waals surface area contributed by atoms with Crippen molar-refractivity contribution in [1.29, 1.82) is 5.41 Å². The number of rotatable bonds is 8. The van der Waals surface area contributed by atoms with Gasteiger partial charge in [0.15, 0.2) is 17.0 Å². The van der Waals surface area contributed by atoms with E-state index in [1.165, 1.54) is 24.3 Å². The molecular weight excluding hydrogens is 406 g/mol. The molecule has 0 unspecified atom stereocenters. The van der Waals surface area contributed by atoms with Gasteiger partial charge in [-0.1, -0.05) is 6.58 Å². The van der Waals surface area contributed by atoms with E-state index in [9.17, 15) is 14.9 Å². The number of ether oxygens (including phenoxy) is 1. The highest BCUT2D eigenvalue weighted by molar-refractivity contribution is 6.07. The van der Waals surface area contributed by atoms with Crippen LogP contribution in [0.25, 0.3) is 11.0 Å². The molecule has 12 nitrogen and oxygen atoms in total. The number of nitrogens with one attached hydrogen (secondary N) is 4. The predicted molar refractivity (Wildman–Crippen MR) is 114 cm³/mol. The Morgan fingerprint density at radius 2 is 1.81 bits per heavy atom. The first-order chi connectivity index (χ1) is 14.8. The summed E-state index contributed by atoms with van der Waals surface area (Å²) in [5.41, 5.74) is 2.68. The van der Waals surface area contributed by atoms with Crippen LogP contribution in [0.15, 0.2) is 53.2 Å². The van der Waals surface area contributed by atoms with Crippen LogP contribution in [0, 0.1) is 15.5 Å². The minimum absolute atomic E-state index is 0.0436. The number of hydrogen-bond acceptors (Lipinski definition) is 9. The topological polar surface area (TPSA) is 168 Å². The Kier molecular flexibility index (Phi) is 6.40. The third kappa shape index (κ3) is 5.32. The Hall–Kier alpha value is -4.48. The molecule has 1 heterocycles. The quantitative estimate of drug-likeness (QED) is 0.0800. The third-order valence-corrected chi connectivity index (χ3v) is 4.02. The van der Waals surface area contributed by atoms with E-state index in [4.69, 9.17) is 14.8 Å². The van der Waals surface area contributed by atoms with Crippen molar-refractivity contribution in [2.24, 2.45) is 0 Å². The average molecular weight is 425 g/mol. The standard InChI is InChI=1S/C19H19N7O5/c1-11(2)18(27)30-10-9-21-14-7-8-15(17-16(14)24-31-25-17)23-19(20)22-12-3-5-13(6-4-12)26(28)29/h3-8,21H,1,9-10H2,2H3,(H3,20,22,23). The van der Waals surface area contributed by atoms with E-state index in [1.807, 2.05) is 0 Å². The minimum Gasteiger partial charge on any atom is -0.460 e. The first kappa shape index (κ1) is 21.2. The lowest BCUT2D eigenvalue weighted by Crippen LogP contribution is -2.20. The summed E-state index contributed by atoms with van der Waals surface area (Å²) in [6.07, 6.45) is 0. The summed E-state index contributed by atoms with van der Waals surface area (Å²) in [6.45, 7) is 5.56. The maximum absolute atomic E-state index is 11.4. The van der Waals surface area contributed by atoms with Gasteiger partial charge in [0.2, 0.25) is 0 Å². The number of anilines is 3. The molecule has 4 N–H and O–H groups in total. The van der Waals surface area contributed by atoms with Gasteiger partial charge in [0, 0.05) is 29.9 Å². The lowest BCUT2D eigenvalue weighted by Gasteiger charge is -2.12. The van der Waals surface area contributed by atoms with Gasteiger partial charge in [-0.15, -0.1) is 0 Å². The zero-order chi connectivity index (χ0) is 22.4. The summed E-state index contributed by atoms with van der Waals surface area (Å²) in [5.74, 6) is -0.542. The first-order valence-electron chi connectivity index (χ1n) is 9.04. The number of esters is 1. The second-order valence-electron chi connectivity index (χ2n) is 6.39. The maximum atomic E-state index is 11.4. The molecule has 1 aromatic heterocycles. The molecule has 2 aromatic carbocycles. The molecule has 0 atom stereocenters. The van der Waals surface area contributed by atoms with Crippen molar-refractivity contribution in [1.82, 2.24) is 10.3 Å². The van der Waals surface area contributed by atoms with E-state index >= 15 is 0 Å². The monoisotopic (exact) mass is 425 g/mol. The second-order valence-corrected chi connectivity index (χ2v) is 6.39. The molecule has 3 aromatic rings. The minimum atomic E-state index is -0.498. The number of carbonyl (C=O) groups is 1. The second kappa shape index (κ2) is 9.35. The number of nitro groups is 1. The maximum Gasteiger partial charge on any atom is 0.333 e. The number of non-ortho nitro benzene ring substituents is 1. The Balaban J connectivity index is 1.62. The van der Waals surface area contributed by atoms with Crippen LogP contribution in [0.3, 0.4) is 0 Å². The molecule has 31 heavy (non-hydrogen) atoms. The summed E-state index contributed by atoms with van der Waals surface area (Å²) in [4.78, 5) is 21.6. The van der Waals surface area contributed by atoms with Gasteiger partial charge in [-0.2, -0.15) is 0 Å². The molecule has 0 saturated heterocycles. The Morgan fingerprint density at radius 3 is 2.45 bits per heavy atom. The third-order valence-electron chi connectivity index (χ3n) is 4.02. The van der Waals surface area contributed by atoms with Crippen LogP contribution in [0.1, 0.15) is 6.92 Å². The van der Waals surface area contributed by atoms with Crippen LogP contribution in [0.2, 0.25) is 0 Å². The van der Waals surface area contributed by atoms with Gasteiger partial charge in [0.25, 0.3) is 5.69 Å². The van der Waals surface area contributed by atoms with Crippen LogP contribution in [0.5, 0.6) is 0 Å². The summed E-state index contributed by atoms with van der Waals surface area (Å²) in [6, 6.07) is 9.06. The molecule has 0 amide bonds. The van der Waals surface area contributed by atoms with Crippen molar-refractivity contribution in [3.8, 4) is 0 Å². The largest absolute Gasteiger partial charge is 0.460 e. The normalized spacial score (nSPS) is 10.4. The molecule has 0 fully saturated rings. The Bertz CT molecular complexity index is 1140. The number of benzene rings is 2. The number of carbonyl (C=O) groups excluding carboxylic acids is 1. The molecule has 0 aliphatic rings. The van der Waals surface area contributed by atoms with Gasteiger partial charge < -0.3 is 20.7 Å². The van der Waals surface area contributed by atoms with Crippen molar-refractivity contribution >= 4 is 45.7 Å². The highest BCUT2D eigenvalue weighted by Crippen LogP contribution is 2.27. The molecule has 3 rings (SSSR count). The van der Waals surface area contributed by atoms with Crippen LogP contribution in [0.4, 0.5) is 22.7 Å². The van der Waals surface area contributed by atoms with Crippen molar-refractivity contribution in [2.75, 3.05) is 29.1 Å². The summed E-state index contributed by atoms with van der Waals surface area (Å²) >= 11 is 0. The molecule has 0 radical (unpaired) electrons. The summed E-state index contributed by atoms with van der Waals surface area (Å²) in [7, 11) is 0. The molecule has 0 bridgehead atoms. The van der Waals surface area contributed by atoms with Gasteiger partial charge >= 0.3 is 5.97 Å². The number of nitro benzene ring substituents is 1. The van der Waals surface area contributed by atoms with E-state index in [0.717, 1.165) is 0 Å². The molecular formula is C19H19N7O5. The fourth-order valence-corrected chi connectivity index (χ4v) is 2.54. The molecule has 0 aliphatic carbocycles. The lowest BCUT2D eigenvalue weighted by molar-refractivity contribution is -0.384. The lowest BCUT2D eigenvalue weighted by atomic mass is 10.2. The van der Waals surface area contributed by atoms with E-state index in [1.54, 1.807) is 19.1 Å². The van der Waals surface area contributed by atoms with Gasteiger partial charge in [0.05, 0.1) is 16.3 Å². The highest BCUT2D eigenvalue weighted by Gasteiger charge is 2.13. The van der Waals surface area contributed by atoms with Gasteiger partial charge in [-0.25, -0.2) is 9.42 Å². The molecule has 12 heteroatoms. The highest BCUT2D eigenvalue weighted by atomic mass is 16.6. The molecule has 0 aliphatic heterocycles. The Morgan fingerprint density at radius 1 is 1.16 bits per heavy atom.